The van der Waals surface area contributed by atoms with E-state index in [0.717, 1.165) is 24.3 Å². The number of hydrogen-bond donors (Lipinski definition) is 1. The number of halogens is 2. The van der Waals surface area contributed by atoms with Crippen molar-refractivity contribution in [3.63, 3.8) is 0 Å². The second-order valence-electron chi connectivity index (χ2n) is 4.31. The number of benzene rings is 1. The molecular weight excluding hydrogens is 313 g/mol. The second-order valence-corrected chi connectivity index (χ2v) is 6.63. The Morgan fingerprint density at radius 2 is 2.11 bits per heavy atom. The molecule has 0 heterocycles. The molecule has 0 aliphatic rings. The summed E-state index contributed by atoms with van der Waals surface area (Å²) < 4.78 is 14.6. The van der Waals surface area contributed by atoms with Crippen LogP contribution >= 0.6 is 27.7 Å². The summed E-state index contributed by atoms with van der Waals surface area (Å²) in [5, 5.41) is 3.98. The average Bonchev–Trinajstić information content (AvgIpc) is 2.37. The van der Waals surface area contributed by atoms with Gasteiger partial charge in [-0.3, -0.25) is 0 Å². The number of rotatable bonds is 7. The van der Waals surface area contributed by atoms with Crippen molar-refractivity contribution in [2.75, 3.05) is 12.3 Å². The molecule has 0 saturated carbocycles. The normalized spacial score (nSPS) is 14.5. The van der Waals surface area contributed by atoms with Crippen LogP contribution in [-0.2, 0) is 0 Å². The molecule has 2 unspecified atom stereocenters. The van der Waals surface area contributed by atoms with E-state index in [1.807, 2.05) is 23.9 Å². The van der Waals surface area contributed by atoms with Crippen LogP contribution in [0, 0.1) is 5.82 Å². The van der Waals surface area contributed by atoms with Crippen LogP contribution in [0.5, 0.6) is 0 Å². The van der Waals surface area contributed by atoms with E-state index in [-0.39, 0.29) is 11.9 Å². The van der Waals surface area contributed by atoms with Gasteiger partial charge in [0, 0.05) is 22.6 Å². The lowest BCUT2D eigenvalue weighted by Crippen LogP contribution is -2.24. The highest BCUT2D eigenvalue weighted by Crippen LogP contribution is 2.27. The smallest absolute Gasteiger partial charge is 0.142 e. The van der Waals surface area contributed by atoms with Crippen molar-refractivity contribution >= 4 is 27.7 Å². The van der Waals surface area contributed by atoms with E-state index in [2.05, 4.69) is 42.0 Å². The first kappa shape index (κ1) is 16.0. The Morgan fingerprint density at radius 1 is 1.39 bits per heavy atom. The third-order valence-corrected chi connectivity index (χ3v) is 4.97. The molecule has 1 N–H and O–H groups in total. The van der Waals surface area contributed by atoms with E-state index in [1.165, 1.54) is 0 Å². The van der Waals surface area contributed by atoms with E-state index in [0.29, 0.717) is 9.72 Å². The van der Waals surface area contributed by atoms with Gasteiger partial charge < -0.3 is 5.32 Å². The minimum Gasteiger partial charge on any atom is -0.309 e. The Bertz CT molecular complexity index is 373. The zero-order valence-electron chi connectivity index (χ0n) is 11.2. The van der Waals surface area contributed by atoms with Crippen molar-refractivity contribution in [2.24, 2.45) is 0 Å². The molecule has 18 heavy (non-hydrogen) atoms. The molecule has 0 aliphatic carbocycles. The lowest BCUT2D eigenvalue weighted by atomic mass is 10.1. The van der Waals surface area contributed by atoms with Crippen LogP contribution in [0.4, 0.5) is 4.39 Å². The van der Waals surface area contributed by atoms with Crippen molar-refractivity contribution in [2.45, 2.75) is 38.5 Å². The van der Waals surface area contributed by atoms with E-state index in [9.17, 15) is 4.39 Å². The largest absolute Gasteiger partial charge is 0.309 e. The number of nitrogens with one attached hydrogen (secondary N) is 1. The molecule has 0 bridgehead atoms. The molecule has 0 aromatic heterocycles. The van der Waals surface area contributed by atoms with Crippen LogP contribution in [0.15, 0.2) is 22.7 Å². The highest BCUT2D eigenvalue weighted by Gasteiger charge is 2.17. The van der Waals surface area contributed by atoms with Gasteiger partial charge >= 0.3 is 0 Å². The summed E-state index contributed by atoms with van der Waals surface area (Å²) in [6, 6.07) is 5.57. The summed E-state index contributed by atoms with van der Waals surface area (Å²) in [5.74, 6) is 0.754. The van der Waals surface area contributed by atoms with Gasteiger partial charge in [0.1, 0.15) is 5.82 Å². The Labute approximate surface area is 122 Å². The highest BCUT2D eigenvalue weighted by molar-refractivity contribution is 9.10. The van der Waals surface area contributed by atoms with Gasteiger partial charge in [-0.05, 0) is 35.0 Å². The van der Waals surface area contributed by atoms with Crippen molar-refractivity contribution in [1.29, 1.82) is 0 Å². The predicted molar refractivity (Wildman–Crippen MR) is 82.7 cm³/mol. The summed E-state index contributed by atoms with van der Waals surface area (Å²) in [7, 11) is 0. The molecule has 0 aliphatic heterocycles. The molecule has 0 radical (unpaired) electrons. The van der Waals surface area contributed by atoms with Gasteiger partial charge in [-0.25, -0.2) is 4.39 Å². The third kappa shape index (κ3) is 4.56. The van der Waals surface area contributed by atoms with Crippen LogP contribution in [0.1, 0.15) is 38.8 Å². The maximum atomic E-state index is 14.1. The standard InChI is InChI=1S/C14H21BrFNS/c1-4-10(3)18-9-13(17-5-2)11-7-6-8-12(15)14(11)16/h6-8,10,13,17H,4-5,9H2,1-3H3. The quantitative estimate of drug-likeness (QED) is 0.771. The molecule has 0 spiro atoms. The van der Waals surface area contributed by atoms with Crippen molar-refractivity contribution in [3.8, 4) is 0 Å². The van der Waals surface area contributed by atoms with Crippen molar-refractivity contribution in [1.82, 2.24) is 5.32 Å². The van der Waals surface area contributed by atoms with Crippen LogP contribution in [0.2, 0.25) is 0 Å². The first-order chi connectivity index (χ1) is 8.60. The second kappa shape index (κ2) is 8.18. The monoisotopic (exact) mass is 333 g/mol. The first-order valence-electron chi connectivity index (χ1n) is 6.39. The maximum absolute atomic E-state index is 14.1. The molecule has 1 nitrogen and oxygen atoms in total. The molecule has 2 atom stereocenters. The Morgan fingerprint density at radius 3 is 2.72 bits per heavy atom. The molecule has 102 valence electrons. The van der Waals surface area contributed by atoms with Crippen molar-refractivity contribution in [3.05, 3.63) is 34.1 Å². The topological polar surface area (TPSA) is 12.0 Å². The zero-order chi connectivity index (χ0) is 13.5. The fourth-order valence-electron chi connectivity index (χ4n) is 1.67. The van der Waals surface area contributed by atoms with Gasteiger partial charge in [0.05, 0.1) is 4.47 Å². The molecule has 0 amide bonds. The van der Waals surface area contributed by atoms with Crippen LogP contribution in [0.3, 0.4) is 0 Å². The highest BCUT2D eigenvalue weighted by atomic mass is 79.9. The van der Waals surface area contributed by atoms with Gasteiger partial charge in [-0.1, -0.05) is 32.9 Å². The van der Waals surface area contributed by atoms with E-state index in [4.69, 9.17) is 0 Å². The molecule has 0 fully saturated rings. The zero-order valence-corrected chi connectivity index (χ0v) is 13.6. The minimum absolute atomic E-state index is 0.0755. The number of hydrogen-bond acceptors (Lipinski definition) is 2. The Hall–Kier alpha value is -0.0600. The average molecular weight is 334 g/mol. The molecular formula is C14H21BrFNS. The molecule has 4 heteroatoms. The maximum Gasteiger partial charge on any atom is 0.142 e. The Kier molecular flexibility index (Phi) is 7.27. The fraction of sp³-hybridized carbons (Fsp3) is 0.571. The molecule has 0 saturated heterocycles. The van der Waals surface area contributed by atoms with Gasteiger partial charge in [0.25, 0.3) is 0 Å². The summed E-state index contributed by atoms with van der Waals surface area (Å²) in [6.45, 7) is 7.29. The van der Waals surface area contributed by atoms with Gasteiger partial charge in [0.2, 0.25) is 0 Å². The molecule has 1 rings (SSSR count). The van der Waals surface area contributed by atoms with Gasteiger partial charge in [-0.2, -0.15) is 11.8 Å². The lowest BCUT2D eigenvalue weighted by Gasteiger charge is -2.20. The summed E-state index contributed by atoms with van der Waals surface area (Å²) in [6.07, 6.45) is 1.14. The van der Waals surface area contributed by atoms with E-state index < -0.39 is 0 Å². The SMILES string of the molecule is CCNC(CSC(C)CC)c1cccc(Br)c1F. The Balaban J connectivity index is 2.80. The lowest BCUT2D eigenvalue weighted by molar-refractivity contribution is 0.541. The molecule has 1 aromatic carbocycles. The fourth-order valence-corrected chi connectivity index (χ4v) is 3.11. The summed E-state index contributed by atoms with van der Waals surface area (Å²) >= 11 is 5.14. The minimum atomic E-state index is -0.145. The van der Waals surface area contributed by atoms with E-state index >= 15 is 0 Å². The van der Waals surface area contributed by atoms with Gasteiger partial charge in [0.15, 0.2) is 0 Å². The van der Waals surface area contributed by atoms with E-state index in [1.54, 1.807) is 6.07 Å². The third-order valence-electron chi connectivity index (χ3n) is 2.93. The number of thioether (sulfide) groups is 1. The predicted octanol–water partition coefficient (Wildman–Crippen LogP) is 4.77. The van der Waals surface area contributed by atoms with Crippen molar-refractivity contribution < 1.29 is 4.39 Å². The first-order valence-corrected chi connectivity index (χ1v) is 8.23. The van der Waals surface area contributed by atoms with Crippen LogP contribution in [0.25, 0.3) is 0 Å². The summed E-state index contributed by atoms with van der Waals surface area (Å²) in [5.41, 5.74) is 0.752. The summed E-state index contributed by atoms with van der Waals surface area (Å²) in [4.78, 5) is 0. The van der Waals surface area contributed by atoms with Crippen LogP contribution < -0.4 is 5.32 Å². The van der Waals surface area contributed by atoms with Crippen LogP contribution in [-0.4, -0.2) is 17.5 Å². The van der Waals surface area contributed by atoms with Gasteiger partial charge in [-0.15, -0.1) is 0 Å². The molecule has 1 aromatic rings.